The molecule has 0 saturated carbocycles. The Kier molecular flexibility index (Phi) is 5.87. The van der Waals surface area contributed by atoms with Gasteiger partial charge in [-0.25, -0.2) is 4.39 Å². The first-order valence-corrected chi connectivity index (χ1v) is 10.2. The molecule has 0 radical (unpaired) electrons. The molecule has 31 heavy (non-hydrogen) atoms. The second-order valence-corrected chi connectivity index (χ2v) is 7.83. The molecule has 0 aliphatic carbocycles. The van der Waals surface area contributed by atoms with Gasteiger partial charge in [-0.1, -0.05) is 48.0 Å². The zero-order chi connectivity index (χ0) is 22.0. The first kappa shape index (κ1) is 20.8. The van der Waals surface area contributed by atoms with Gasteiger partial charge < -0.3 is 5.32 Å². The van der Waals surface area contributed by atoms with Crippen molar-refractivity contribution in [2.75, 3.05) is 11.9 Å². The predicted molar refractivity (Wildman–Crippen MR) is 120 cm³/mol. The Balaban J connectivity index is 1.65. The van der Waals surface area contributed by atoms with Crippen molar-refractivity contribution >= 4 is 34.7 Å². The van der Waals surface area contributed by atoms with E-state index >= 15 is 0 Å². The van der Waals surface area contributed by atoms with Crippen LogP contribution in [-0.4, -0.2) is 23.3 Å². The fourth-order valence-electron chi connectivity index (χ4n) is 3.54. The Morgan fingerprint density at radius 2 is 1.65 bits per heavy atom. The van der Waals surface area contributed by atoms with Crippen molar-refractivity contribution in [3.8, 4) is 0 Å². The highest BCUT2D eigenvalue weighted by Gasteiger charge is 2.38. The van der Waals surface area contributed by atoms with Gasteiger partial charge >= 0.3 is 0 Å². The standard InChI is InChI=1S/C25H20ClFN2O2/c1-16-3-2-4-21(15-16)28-23-22(18-7-11-20(27)12-8-18)24(30)29(25(23)31)14-13-17-5-9-19(26)10-6-17/h2-12,15,28H,13-14H2,1H3. The second-order valence-electron chi connectivity index (χ2n) is 7.39. The van der Waals surface area contributed by atoms with Crippen molar-refractivity contribution < 1.29 is 14.0 Å². The van der Waals surface area contributed by atoms with Gasteiger partial charge in [-0.05, 0) is 66.4 Å². The summed E-state index contributed by atoms with van der Waals surface area (Å²) >= 11 is 5.93. The van der Waals surface area contributed by atoms with E-state index in [1.54, 1.807) is 12.1 Å². The summed E-state index contributed by atoms with van der Waals surface area (Å²) in [6, 6.07) is 20.4. The highest BCUT2D eigenvalue weighted by atomic mass is 35.5. The van der Waals surface area contributed by atoms with Gasteiger partial charge in [0, 0.05) is 17.3 Å². The highest BCUT2D eigenvalue weighted by Crippen LogP contribution is 2.31. The lowest BCUT2D eigenvalue weighted by Gasteiger charge is -2.15. The number of anilines is 1. The molecule has 6 heteroatoms. The number of carbonyl (C=O) groups is 2. The van der Waals surface area contributed by atoms with Crippen LogP contribution in [0, 0.1) is 12.7 Å². The largest absolute Gasteiger partial charge is 0.350 e. The lowest BCUT2D eigenvalue weighted by Crippen LogP contribution is -2.34. The van der Waals surface area contributed by atoms with Crippen LogP contribution in [0.1, 0.15) is 16.7 Å². The summed E-state index contributed by atoms with van der Waals surface area (Å²) in [5, 5.41) is 3.74. The molecule has 4 nitrogen and oxygen atoms in total. The Bertz CT molecular complexity index is 1170. The van der Waals surface area contributed by atoms with Gasteiger partial charge in [0.15, 0.2) is 0 Å². The van der Waals surface area contributed by atoms with Crippen LogP contribution >= 0.6 is 11.6 Å². The first-order chi connectivity index (χ1) is 14.9. The van der Waals surface area contributed by atoms with Crippen molar-refractivity contribution in [1.29, 1.82) is 0 Å². The van der Waals surface area contributed by atoms with Crippen LogP contribution in [-0.2, 0) is 16.0 Å². The molecule has 0 unspecified atom stereocenters. The van der Waals surface area contributed by atoms with Gasteiger partial charge in [0.25, 0.3) is 11.8 Å². The molecule has 1 aliphatic rings. The third-order valence-electron chi connectivity index (χ3n) is 5.13. The number of benzene rings is 3. The minimum Gasteiger partial charge on any atom is -0.350 e. The molecule has 4 rings (SSSR count). The molecule has 1 heterocycles. The minimum absolute atomic E-state index is 0.193. The number of nitrogens with one attached hydrogen (secondary N) is 1. The van der Waals surface area contributed by atoms with E-state index in [-0.39, 0.29) is 17.8 Å². The summed E-state index contributed by atoms with van der Waals surface area (Å²) < 4.78 is 13.4. The van der Waals surface area contributed by atoms with Crippen LogP contribution in [0.3, 0.4) is 0 Å². The van der Waals surface area contributed by atoms with Crippen molar-refractivity contribution in [1.82, 2.24) is 4.90 Å². The summed E-state index contributed by atoms with van der Waals surface area (Å²) in [4.78, 5) is 27.7. The molecule has 0 atom stereocenters. The maximum atomic E-state index is 13.4. The normalized spacial score (nSPS) is 13.8. The third-order valence-corrected chi connectivity index (χ3v) is 5.38. The Morgan fingerprint density at radius 1 is 0.935 bits per heavy atom. The Hall–Kier alpha value is -3.44. The van der Waals surface area contributed by atoms with Crippen LogP contribution in [0.15, 0.2) is 78.5 Å². The molecule has 156 valence electrons. The number of imide groups is 1. The van der Waals surface area contributed by atoms with Crippen molar-refractivity contribution in [3.63, 3.8) is 0 Å². The molecule has 2 amide bonds. The molecule has 1 aliphatic heterocycles. The molecule has 0 fully saturated rings. The highest BCUT2D eigenvalue weighted by molar-refractivity contribution is 6.36. The van der Waals surface area contributed by atoms with Gasteiger partial charge in [0.2, 0.25) is 0 Å². The van der Waals surface area contributed by atoms with Gasteiger partial charge in [-0.3, -0.25) is 14.5 Å². The van der Waals surface area contributed by atoms with Crippen LogP contribution in [0.5, 0.6) is 0 Å². The van der Waals surface area contributed by atoms with Crippen LogP contribution < -0.4 is 5.32 Å². The van der Waals surface area contributed by atoms with E-state index in [4.69, 9.17) is 11.6 Å². The molecular weight excluding hydrogens is 415 g/mol. The van der Waals surface area contributed by atoms with Gasteiger partial charge in [0.05, 0.1) is 5.57 Å². The third kappa shape index (κ3) is 4.52. The summed E-state index contributed by atoms with van der Waals surface area (Å²) in [7, 11) is 0. The summed E-state index contributed by atoms with van der Waals surface area (Å²) in [6.45, 7) is 2.17. The fourth-order valence-corrected chi connectivity index (χ4v) is 3.66. The number of aryl methyl sites for hydroxylation is 1. The average molecular weight is 435 g/mol. The molecule has 0 spiro atoms. The zero-order valence-corrected chi connectivity index (χ0v) is 17.6. The van der Waals surface area contributed by atoms with E-state index in [0.717, 1.165) is 11.1 Å². The minimum atomic E-state index is -0.408. The quantitative estimate of drug-likeness (QED) is 0.541. The molecule has 0 bridgehead atoms. The molecule has 3 aromatic rings. The Morgan fingerprint density at radius 3 is 2.32 bits per heavy atom. The molecule has 3 aromatic carbocycles. The monoisotopic (exact) mass is 434 g/mol. The molecular formula is C25H20ClFN2O2. The number of halogens is 2. The maximum absolute atomic E-state index is 13.4. The van der Waals surface area contributed by atoms with E-state index < -0.39 is 17.6 Å². The van der Waals surface area contributed by atoms with E-state index in [1.807, 2.05) is 43.3 Å². The lowest BCUT2D eigenvalue weighted by molar-refractivity contribution is -0.136. The number of hydrogen-bond donors (Lipinski definition) is 1. The topological polar surface area (TPSA) is 49.4 Å². The first-order valence-electron chi connectivity index (χ1n) is 9.87. The average Bonchev–Trinajstić information content (AvgIpc) is 2.98. The zero-order valence-electron chi connectivity index (χ0n) is 16.9. The number of nitrogens with zero attached hydrogens (tertiary/aromatic N) is 1. The predicted octanol–water partition coefficient (Wildman–Crippen LogP) is 5.22. The maximum Gasteiger partial charge on any atom is 0.278 e. The van der Waals surface area contributed by atoms with Gasteiger partial charge in [0.1, 0.15) is 11.5 Å². The van der Waals surface area contributed by atoms with E-state index in [2.05, 4.69) is 5.32 Å². The van der Waals surface area contributed by atoms with Crippen LogP contribution in [0.2, 0.25) is 5.02 Å². The van der Waals surface area contributed by atoms with Crippen molar-refractivity contribution in [2.24, 2.45) is 0 Å². The number of rotatable bonds is 6. The number of amides is 2. The molecule has 0 saturated heterocycles. The number of hydrogen-bond acceptors (Lipinski definition) is 3. The SMILES string of the molecule is Cc1cccc(NC2=C(c3ccc(F)cc3)C(=O)N(CCc3ccc(Cl)cc3)C2=O)c1. The smallest absolute Gasteiger partial charge is 0.278 e. The summed E-state index contributed by atoms with van der Waals surface area (Å²) in [5.41, 5.74) is 3.61. The van der Waals surface area contributed by atoms with Gasteiger partial charge in [-0.15, -0.1) is 0 Å². The van der Waals surface area contributed by atoms with E-state index in [9.17, 15) is 14.0 Å². The van der Waals surface area contributed by atoms with Crippen LogP contribution in [0.25, 0.3) is 5.57 Å². The Labute approximate surface area is 185 Å². The molecule has 1 N–H and O–H groups in total. The fraction of sp³-hybridized carbons (Fsp3) is 0.120. The van der Waals surface area contributed by atoms with Crippen molar-refractivity contribution in [3.05, 3.63) is 106 Å². The second kappa shape index (κ2) is 8.74. The summed E-state index contributed by atoms with van der Waals surface area (Å²) in [6.07, 6.45) is 0.503. The lowest BCUT2D eigenvalue weighted by atomic mass is 10.0. The molecule has 0 aromatic heterocycles. The van der Waals surface area contributed by atoms with E-state index in [1.165, 1.54) is 29.2 Å². The van der Waals surface area contributed by atoms with Gasteiger partial charge in [-0.2, -0.15) is 0 Å². The number of carbonyl (C=O) groups excluding carboxylic acids is 2. The van der Waals surface area contributed by atoms with Crippen molar-refractivity contribution in [2.45, 2.75) is 13.3 Å². The summed E-state index contributed by atoms with van der Waals surface area (Å²) in [5.74, 6) is -1.21. The van der Waals surface area contributed by atoms with Crippen LogP contribution in [0.4, 0.5) is 10.1 Å². The van der Waals surface area contributed by atoms with E-state index in [0.29, 0.717) is 22.7 Å².